The maximum absolute atomic E-state index is 12.3. The van der Waals surface area contributed by atoms with E-state index < -0.39 is 30.4 Å². The Hall–Kier alpha value is -4.00. The molecule has 0 spiro atoms. The molecule has 0 aromatic carbocycles. The van der Waals surface area contributed by atoms with Crippen molar-refractivity contribution in [3.8, 4) is 11.4 Å². The van der Waals surface area contributed by atoms with Gasteiger partial charge in [0.25, 0.3) is 5.91 Å². The number of hydrogen-bond acceptors (Lipinski definition) is 10. The summed E-state index contributed by atoms with van der Waals surface area (Å²) in [5.41, 5.74) is 3.23. The predicted octanol–water partition coefficient (Wildman–Crippen LogP) is 0.959. The Morgan fingerprint density at radius 2 is 2.03 bits per heavy atom. The van der Waals surface area contributed by atoms with Crippen LogP contribution in [0.1, 0.15) is 24.4 Å². The number of aromatic nitrogens is 6. The van der Waals surface area contributed by atoms with Crippen LogP contribution in [0.3, 0.4) is 0 Å². The number of aliphatic hydroxyl groups excluding tert-OH is 2. The van der Waals surface area contributed by atoms with Gasteiger partial charge in [0.2, 0.25) is 0 Å². The summed E-state index contributed by atoms with van der Waals surface area (Å²) in [6.07, 6.45) is 1.45. The molecule has 12 heteroatoms. The molecule has 4 N–H and O–H groups in total. The van der Waals surface area contributed by atoms with Gasteiger partial charge >= 0.3 is 0 Å². The first-order valence-corrected chi connectivity index (χ1v) is 11.6. The van der Waals surface area contributed by atoms with E-state index in [1.165, 1.54) is 10.9 Å². The minimum Gasteiger partial charge on any atom is -0.387 e. The second kappa shape index (κ2) is 9.93. The lowest BCUT2D eigenvalue weighted by atomic mass is 10.1. The summed E-state index contributed by atoms with van der Waals surface area (Å²) in [5.74, 6) is 0.335. The van der Waals surface area contributed by atoms with Crippen LogP contribution < -0.4 is 10.6 Å². The summed E-state index contributed by atoms with van der Waals surface area (Å²) in [4.78, 5) is 34.8. The molecule has 12 nitrogen and oxygen atoms in total. The number of hydrogen-bond donors (Lipinski definition) is 4. The molecule has 5 heterocycles. The van der Waals surface area contributed by atoms with Gasteiger partial charge in [-0.15, -0.1) is 0 Å². The maximum atomic E-state index is 12.3. The first-order valence-electron chi connectivity index (χ1n) is 11.6. The van der Waals surface area contributed by atoms with Crippen molar-refractivity contribution in [2.45, 2.75) is 44.9 Å². The molecule has 1 amide bonds. The molecule has 1 aliphatic heterocycles. The molecule has 1 fully saturated rings. The van der Waals surface area contributed by atoms with Crippen LogP contribution in [0.4, 0.5) is 5.82 Å². The van der Waals surface area contributed by atoms with Crippen molar-refractivity contribution in [3.05, 3.63) is 60.4 Å². The fraction of sp³-hybridized carbons (Fsp3) is 0.333. The third-order valence-electron chi connectivity index (χ3n) is 5.84. The second-order valence-corrected chi connectivity index (χ2v) is 8.47. The predicted molar refractivity (Wildman–Crippen MR) is 129 cm³/mol. The van der Waals surface area contributed by atoms with Crippen molar-refractivity contribution < 1.29 is 19.7 Å². The molecular formula is C24H26N8O4. The highest BCUT2D eigenvalue weighted by atomic mass is 16.6. The lowest BCUT2D eigenvalue weighted by Crippen LogP contribution is -2.42. The molecule has 1 aliphatic rings. The summed E-state index contributed by atoms with van der Waals surface area (Å²) in [7, 11) is 0. The average Bonchev–Trinajstić information content (AvgIpc) is 3.44. The number of likely N-dealkylation sites (N-methyl/N-ethyl adjacent to an activating group) is 1. The number of nitrogens with zero attached hydrogens (tertiary/aromatic N) is 6. The minimum atomic E-state index is -1.41. The zero-order chi connectivity index (χ0) is 25.2. The first kappa shape index (κ1) is 23.7. The fourth-order valence-corrected chi connectivity index (χ4v) is 4.09. The molecule has 0 aliphatic carbocycles. The summed E-state index contributed by atoms with van der Waals surface area (Å²) in [6.45, 7) is 4.44. The van der Waals surface area contributed by atoms with E-state index in [1.807, 2.05) is 31.2 Å². The molecule has 0 unspecified atom stereocenters. The Bertz CT molecular complexity index is 1380. The summed E-state index contributed by atoms with van der Waals surface area (Å²) in [5, 5.41) is 27.1. The van der Waals surface area contributed by atoms with Crippen molar-refractivity contribution in [2.75, 3.05) is 11.9 Å². The minimum absolute atomic E-state index is 0.359. The summed E-state index contributed by atoms with van der Waals surface area (Å²) >= 11 is 0. The lowest BCUT2D eigenvalue weighted by molar-refractivity contribution is -0.137. The number of amides is 1. The summed E-state index contributed by atoms with van der Waals surface area (Å²) < 4.78 is 7.30. The van der Waals surface area contributed by atoms with Gasteiger partial charge in [-0.05, 0) is 37.6 Å². The van der Waals surface area contributed by atoms with Crippen molar-refractivity contribution >= 4 is 22.9 Å². The molecule has 0 saturated carbocycles. The van der Waals surface area contributed by atoms with Gasteiger partial charge in [0, 0.05) is 30.7 Å². The highest BCUT2D eigenvalue weighted by Gasteiger charge is 2.47. The Kier molecular flexibility index (Phi) is 6.55. The number of pyridine rings is 2. The van der Waals surface area contributed by atoms with Crippen LogP contribution in [0.5, 0.6) is 0 Å². The van der Waals surface area contributed by atoms with Crippen LogP contribution >= 0.6 is 0 Å². The number of aliphatic hydroxyl groups is 2. The number of aryl methyl sites for hydroxylation is 1. The highest BCUT2D eigenvalue weighted by molar-refractivity contribution is 5.85. The van der Waals surface area contributed by atoms with Crippen molar-refractivity contribution in [1.29, 1.82) is 0 Å². The summed E-state index contributed by atoms with van der Waals surface area (Å²) in [6, 6.07) is 7.54. The Balaban J connectivity index is 1.56. The topological polar surface area (TPSA) is 160 Å². The van der Waals surface area contributed by atoms with Gasteiger partial charge in [0.1, 0.15) is 12.2 Å². The van der Waals surface area contributed by atoms with Crippen molar-refractivity contribution in [3.63, 3.8) is 0 Å². The molecule has 0 bridgehead atoms. The number of rotatable bonds is 7. The van der Waals surface area contributed by atoms with E-state index in [9.17, 15) is 15.0 Å². The van der Waals surface area contributed by atoms with Gasteiger partial charge < -0.3 is 25.6 Å². The van der Waals surface area contributed by atoms with Crippen LogP contribution in [0.2, 0.25) is 0 Å². The number of carbonyl (C=O) groups excluding carboxylic acids is 1. The molecule has 186 valence electrons. The molecular weight excluding hydrogens is 464 g/mol. The number of nitrogens with one attached hydrogen (secondary N) is 2. The van der Waals surface area contributed by atoms with Gasteiger partial charge in [-0.25, -0.2) is 15.0 Å². The van der Waals surface area contributed by atoms with Crippen LogP contribution in [0.25, 0.3) is 22.6 Å². The van der Waals surface area contributed by atoms with Crippen molar-refractivity contribution in [2.24, 2.45) is 0 Å². The lowest BCUT2D eigenvalue weighted by Gasteiger charge is -2.17. The number of imidazole rings is 1. The smallest absolute Gasteiger partial charge is 0.252 e. The maximum Gasteiger partial charge on any atom is 0.252 e. The molecule has 4 aromatic rings. The van der Waals surface area contributed by atoms with Crippen LogP contribution in [-0.4, -0.2) is 70.5 Å². The molecule has 1 saturated heterocycles. The Morgan fingerprint density at radius 1 is 1.17 bits per heavy atom. The zero-order valence-electron chi connectivity index (χ0n) is 19.7. The van der Waals surface area contributed by atoms with Crippen molar-refractivity contribution in [1.82, 2.24) is 34.8 Å². The third kappa shape index (κ3) is 4.49. The largest absolute Gasteiger partial charge is 0.387 e. The highest BCUT2D eigenvalue weighted by Crippen LogP contribution is 2.33. The van der Waals surface area contributed by atoms with Gasteiger partial charge in [-0.3, -0.25) is 19.3 Å². The van der Waals surface area contributed by atoms with E-state index in [0.717, 1.165) is 11.3 Å². The quantitative estimate of drug-likeness (QED) is 0.294. The van der Waals surface area contributed by atoms with E-state index in [1.54, 1.807) is 25.5 Å². The van der Waals surface area contributed by atoms with Gasteiger partial charge in [0.05, 0.1) is 18.6 Å². The van der Waals surface area contributed by atoms with Crippen LogP contribution in [-0.2, 0) is 16.1 Å². The molecule has 36 heavy (non-hydrogen) atoms. The average molecular weight is 491 g/mol. The Labute approximate surface area is 206 Å². The Morgan fingerprint density at radius 3 is 2.78 bits per heavy atom. The molecule has 0 radical (unpaired) electrons. The SMILES string of the molecule is CCNC(=O)[C@H]1O[C@@H](n2cnc3c(NCc4ccccn4)nc(-c4cncc(C)c4)nc32)[C@H](O)[C@@H]1O. The van der Waals surface area contributed by atoms with E-state index in [4.69, 9.17) is 9.72 Å². The van der Waals surface area contributed by atoms with Gasteiger partial charge in [-0.2, -0.15) is 0 Å². The second-order valence-electron chi connectivity index (χ2n) is 8.47. The number of fused-ring (bicyclic) bond motifs is 1. The van der Waals surface area contributed by atoms with Gasteiger partial charge in [0.15, 0.2) is 35.1 Å². The van der Waals surface area contributed by atoms with Crippen LogP contribution in [0.15, 0.2) is 49.2 Å². The number of anilines is 1. The standard InChI is InChI=1S/C24H26N8O4/c1-3-26-23(35)19-17(33)18(34)24(36-19)32-12-29-16-21(28-11-15-6-4-5-7-27-15)30-20(31-22(16)32)14-8-13(2)9-25-10-14/h4-10,12,17-19,24,33-34H,3,11H2,1-2H3,(H,26,35)(H,28,30,31)/t17-,18+,19-,24+/m0/s1. The van der Waals surface area contributed by atoms with E-state index >= 15 is 0 Å². The van der Waals surface area contributed by atoms with E-state index in [-0.39, 0.29) is 0 Å². The van der Waals surface area contributed by atoms with Gasteiger partial charge in [-0.1, -0.05) is 6.07 Å². The van der Waals surface area contributed by atoms with Crippen LogP contribution in [0, 0.1) is 6.92 Å². The zero-order valence-corrected chi connectivity index (χ0v) is 19.7. The third-order valence-corrected chi connectivity index (χ3v) is 5.84. The molecule has 4 atom stereocenters. The molecule has 4 aromatic heterocycles. The van der Waals surface area contributed by atoms with E-state index in [0.29, 0.717) is 41.5 Å². The monoisotopic (exact) mass is 490 g/mol. The van der Waals surface area contributed by atoms with E-state index in [2.05, 4.69) is 30.6 Å². The normalized spacial score (nSPS) is 21.6. The number of ether oxygens (including phenoxy) is 1. The fourth-order valence-electron chi connectivity index (χ4n) is 4.09. The number of carbonyl (C=O) groups is 1. The first-order chi connectivity index (χ1) is 17.5. The molecule has 5 rings (SSSR count).